The number of nitrogens with zero attached hydrogens (tertiary/aromatic N) is 3. The average molecular weight is 343 g/mol. The molecule has 0 aliphatic heterocycles. The molecule has 0 spiro atoms. The van der Waals surface area contributed by atoms with Gasteiger partial charge in [0.1, 0.15) is 23.2 Å². The van der Waals surface area contributed by atoms with Crippen LogP contribution in [0.25, 0.3) is 11.1 Å². The third kappa shape index (κ3) is 3.22. The number of carbonyl (C=O) groups is 1. The largest absolute Gasteiger partial charge is 0.467 e. The van der Waals surface area contributed by atoms with E-state index in [1.807, 2.05) is 6.07 Å². The minimum absolute atomic E-state index is 0.192. The number of rotatable bonds is 6. The zero-order valence-electron chi connectivity index (χ0n) is 14.6. The van der Waals surface area contributed by atoms with Gasteiger partial charge in [0.05, 0.1) is 18.4 Å². The fourth-order valence-electron chi connectivity index (χ4n) is 2.79. The molecule has 0 N–H and O–H groups in total. The summed E-state index contributed by atoms with van der Waals surface area (Å²) in [5.41, 5.74) is 0.183. The lowest BCUT2D eigenvalue weighted by atomic mass is 10.1. The molecular formula is C18H21N3O4. The van der Waals surface area contributed by atoms with Crippen molar-refractivity contribution in [1.82, 2.24) is 14.5 Å². The molecule has 0 aliphatic carbocycles. The average Bonchev–Trinajstić information content (AvgIpc) is 3.21. The molecule has 0 radical (unpaired) electrons. The summed E-state index contributed by atoms with van der Waals surface area (Å²) in [6.07, 6.45) is 4.78. The van der Waals surface area contributed by atoms with Gasteiger partial charge < -0.3 is 18.3 Å². The maximum absolute atomic E-state index is 13.2. The van der Waals surface area contributed by atoms with Crippen LogP contribution in [0.4, 0.5) is 0 Å². The van der Waals surface area contributed by atoms with Gasteiger partial charge in [0.25, 0.3) is 11.5 Å². The Morgan fingerprint density at radius 3 is 2.88 bits per heavy atom. The molecule has 3 heterocycles. The predicted molar refractivity (Wildman–Crippen MR) is 92.3 cm³/mol. The molecule has 1 amide bonds. The van der Waals surface area contributed by atoms with Crippen LogP contribution in [-0.2, 0) is 13.6 Å². The van der Waals surface area contributed by atoms with Gasteiger partial charge in [-0.15, -0.1) is 0 Å². The molecule has 0 atom stereocenters. The Kier molecular flexibility index (Phi) is 4.74. The van der Waals surface area contributed by atoms with Crippen molar-refractivity contribution in [3.05, 3.63) is 52.2 Å². The first-order valence-corrected chi connectivity index (χ1v) is 8.29. The topological polar surface area (TPSA) is 81.5 Å². The molecule has 0 saturated heterocycles. The summed E-state index contributed by atoms with van der Waals surface area (Å²) in [5, 5.41) is 0.230. The molecule has 0 aliphatic rings. The van der Waals surface area contributed by atoms with Gasteiger partial charge in [-0.25, -0.2) is 4.98 Å². The number of fused-ring (bicyclic) bond motifs is 1. The smallest absolute Gasteiger partial charge is 0.265 e. The highest BCUT2D eigenvalue weighted by molar-refractivity contribution is 6.06. The first kappa shape index (κ1) is 17.0. The van der Waals surface area contributed by atoms with Crippen LogP contribution in [0.5, 0.6) is 0 Å². The molecule has 25 heavy (non-hydrogen) atoms. The van der Waals surface area contributed by atoms with Crippen LogP contribution in [0.15, 0.2) is 38.4 Å². The fourth-order valence-corrected chi connectivity index (χ4v) is 2.79. The van der Waals surface area contributed by atoms with Gasteiger partial charge >= 0.3 is 0 Å². The van der Waals surface area contributed by atoms with E-state index in [0.717, 1.165) is 12.8 Å². The third-order valence-corrected chi connectivity index (χ3v) is 4.16. The molecule has 0 saturated carbocycles. The lowest BCUT2D eigenvalue weighted by Crippen LogP contribution is -2.32. The third-order valence-electron chi connectivity index (χ3n) is 4.16. The SMILES string of the molecule is CCCCN(Cc1ccco1)C(=O)c1c(C)oc2ncn(C)c(=O)c12. The van der Waals surface area contributed by atoms with E-state index in [2.05, 4.69) is 11.9 Å². The normalized spacial score (nSPS) is 11.2. The van der Waals surface area contributed by atoms with Crippen molar-refractivity contribution in [1.29, 1.82) is 0 Å². The summed E-state index contributed by atoms with van der Waals surface area (Å²) in [4.78, 5) is 31.5. The van der Waals surface area contributed by atoms with Crippen molar-refractivity contribution >= 4 is 17.0 Å². The van der Waals surface area contributed by atoms with Crippen LogP contribution in [0.3, 0.4) is 0 Å². The number of hydrogen-bond donors (Lipinski definition) is 0. The van der Waals surface area contributed by atoms with Gasteiger partial charge in [-0.2, -0.15) is 0 Å². The first-order valence-electron chi connectivity index (χ1n) is 8.29. The highest BCUT2D eigenvalue weighted by atomic mass is 16.3. The Morgan fingerprint density at radius 2 is 2.20 bits per heavy atom. The van der Waals surface area contributed by atoms with E-state index >= 15 is 0 Å². The van der Waals surface area contributed by atoms with E-state index in [1.165, 1.54) is 10.9 Å². The Bertz CT molecular complexity index is 937. The molecular weight excluding hydrogens is 322 g/mol. The second kappa shape index (κ2) is 6.96. The zero-order valence-corrected chi connectivity index (χ0v) is 14.6. The van der Waals surface area contributed by atoms with Gasteiger partial charge in [-0.1, -0.05) is 13.3 Å². The minimum atomic E-state index is -0.293. The van der Waals surface area contributed by atoms with Crippen molar-refractivity contribution in [2.24, 2.45) is 7.05 Å². The monoisotopic (exact) mass is 343 g/mol. The quantitative estimate of drug-likeness (QED) is 0.687. The summed E-state index contributed by atoms with van der Waals surface area (Å²) in [6, 6.07) is 3.61. The number of aromatic nitrogens is 2. The van der Waals surface area contributed by atoms with Gasteiger partial charge in [0.2, 0.25) is 5.71 Å². The number of hydrogen-bond acceptors (Lipinski definition) is 5. The zero-order chi connectivity index (χ0) is 18.0. The molecule has 7 nitrogen and oxygen atoms in total. The fraction of sp³-hybridized carbons (Fsp3) is 0.389. The summed E-state index contributed by atoms with van der Waals surface area (Å²) in [7, 11) is 1.60. The second-order valence-corrected chi connectivity index (χ2v) is 6.03. The molecule has 0 fully saturated rings. The molecule has 7 heteroatoms. The summed E-state index contributed by atoms with van der Waals surface area (Å²) in [5.74, 6) is 0.851. The molecule has 0 aromatic carbocycles. The molecule has 132 valence electrons. The minimum Gasteiger partial charge on any atom is -0.467 e. The van der Waals surface area contributed by atoms with Crippen LogP contribution in [0.1, 0.15) is 41.6 Å². The van der Waals surface area contributed by atoms with Crippen LogP contribution in [0, 0.1) is 6.92 Å². The van der Waals surface area contributed by atoms with Gasteiger partial charge in [0, 0.05) is 13.6 Å². The van der Waals surface area contributed by atoms with Gasteiger partial charge in [-0.05, 0) is 25.5 Å². The maximum atomic E-state index is 13.2. The molecule has 3 aromatic rings. The van der Waals surface area contributed by atoms with Crippen LogP contribution >= 0.6 is 0 Å². The van der Waals surface area contributed by atoms with E-state index in [9.17, 15) is 9.59 Å². The Balaban J connectivity index is 2.04. The predicted octanol–water partition coefficient (Wildman–Crippen LogP) is 2.87. The maximum Gasteiger partial charge on any atom is 0.265 e. The molecule has 3 aromatic heterocycles. The summed E-state index contributed by atoms with van der Waals surface area (Å²) < 4.78 is 12.3. The van der Waals surface area contributed by atoms with Crippen LogP contribution < -0.4 is 5.56 Å². The van der Waals surface area contributed by atoms with Crippen LogP contribution in [-0.4, -0.2) is 26.9 Å². The van der Waals surface area contributed by atoms with Crippen LogP contribution in [0.2, 0.25) is 0 Å². The number of amides is 1. The Morgan fingerprint density at radius 1 is 1.40 bits per heavy atom. The lowest BCUT2D eigenvalue weighted by molar-refractivity contribution is 0.0729. The highest BCUT2D eigenvalue weighted by Crippen LogP contribution is 2.23. The van der Waals surface area contributed by atoms with Gasteiger partial charge in [-0.3, -0.25) is 9.59 Å². The standard InChI is InChI=1S/C18H21N3O4/c1-4-5-8-21(10-13-7-6-9-24-13)18(23)14-12(2)25-16-15(14)17(22)20(3)11-19-16/h6-7,9,11H,4-5,8,10H2,1-3H3. The molecule has 0 unspecified atom stereocenters. The van der Waals surface area contributed by atoms with E-state index in [4.69, 9.17) is 8.83 Å². The Labute approximate surface area is 144 Å². The number of aryl methyl sites for hydroxylation is 2. The lowest BCUT2D eigenvalue weighted by Gasteiger charge is -2.21. The van der Waals surface area contributed by atoms with E-state index in [1.54, 1.807) is 31.2 Å². The summed E-state index contributed by atoms with van der Waals surface area (Å²) >= 11 is 0. The number of unbranched alkanes of at least 4 members (excludes halogenated alkanes) is 1. The highest BCUT2D eigenvalue weighted by Gasteiger charge is 2.26. The number of furan rings is 2. The Hall–Kier alpha value is -2.83. The van der Waals surface area contributed by atoms with E-state index in [-0.39, 0.29) is 28.1 Å². The van der Waals surface area contributed by atoms with Gasteiger partial charge in [0.15, 0.2) is 0 Å². The van der Waals surface area contributed by atoms with Crippen molar-refractivity contribution in [3.63, 3.8) is 0 Å². The number of carbonyl (C=O) groups excluding carboxylic acids is 1. The van der Waals surface area contributed by atoms with E-state index in [0.29, 0.717) is 24.6 Å². The van der Waals surface area contributed by atoms with Crippen molar-refractivity contribution in [2.75, 3.05) is 6.54 Å². The first-order chi connectivity index (χ1) is 12.0. The van der Waals surface area contributed by atoms with E-state index < -0.39 is 0 Å². The van der Waals surface area contributed by atoms with Crippen molar-refractivity contribution in [3.8, 4) is 0 Å². The molecule has 0 bridgehead atoms. The summed E-state index contributed by atoms with van der Waals surface area (Å²) in [6.45, 7) is 4.66. The van der Waals surface area contributed by atoms with Crippen molar-refractivity contribution < 1.29 is 13.6 Å². The second-order valence-electron chi connectivity index (χ2n) is 6.03. The molecule has 3 rings (SSSR count). The van der Waals surface area contributed by atoms with Crippen molar-refractivity contribution in [2.45, 2.75) is 33.2 Å².